The molecule has 0 radical (unpaired) electrons. The number of aromatic nitrogens is 1. The summed E-state index contributed by atoms with van der Waals surface area (Å²) in [6.45, 7) is 5.26. The first-order valence-corrected chi connectivity index (χ1v) is 10.9. The van der Waals surface area contributed by atoms with Gasteiger partial charge in [0.05, 0.1) is 11.1 Å². The van der Waals surface area contributed by atoms with Gasteiger partial charge in [0.1, 0.15) is 0 Å². The van der Waals surface area contributed by atoms with Crippen LogP contribution >= 0.6 is 15.9 Å². The second-order valence-electron chi connectivity index (χ2n) is 8.04. The van der Waals surface area contributed by atoms with E-state index in [0.717, 1.165) is 58.9 Å². The zero-order valence-corrected chi connectivity index (χ0v) is 18.0. The van der Waals surface area contributed by atoms with Crippen molar-refractivity contribution in [2.75, 3.05) is 13.1 Å². The summed E-state index contributed by atoms with van der Waals surface area (Å²) in [6.07, 6.45) is 4.91. The minimum absolute atomic E-state index is 0.000189. The summed E-state index contributed by atoms with van der Waals surface area (Å²) in [4.78, 5) is 32.1. The Morgan fingerprint density at radius 3 is 2.86 bits per heavy atom. The van der Waals surface area contributed by atoms with Gasteiger partial charge in [-0.2, -0.15) is 0 Å². The first-order chi connectivity index (χ1) is 13.5. The van der Waals surface area contributed by atoms with Crippen LogP contribution in [0.5, 0.6) is 0 Å². The van der Waals surface area contributed by atoms with Gasteiger partial charge in [0.25, 0.3) is 5.91 Å². The Bertz CT molecular complexity index is 939. The Labute approximate surface area is 174 Å². The van der Waals surface area contributed by atoms with Crippen LogP contribution in [0.1, 0.15) is 66.6 Å². The Kier molecular flexibility index (Phi) is 5.41. The summed E-state index contributed by atoms with van der Waals surface area (Å²) in [5, 5.41) is 3.95. The number of nitrogens with one attached hydrogen (secondary N) is 1. The molecule has 1 saturated heterocycles. The van der Waals surface area contributed by atoms with E-state index in [4.69, 9.17) is 4.98 Å². The lowest BCUT2D eigenvalue weighted by Crippen LogP contribution is -2.47. The minimum atomic E-state index is -0.0822. The number of hydrogen-bond acceptors (Lipinski definition) is 3. The number of pyridine rings is 1. The van der Waals surface area contributed by atoms with Gasteiger partial charge >= 0.3 is 0 Å². The molecule has 4 rings (SSSR count). The second kappa shape index (κ2) is 7.82. The molecule has 1 saturated carbocycles. The molecule has 0 spiro atoms. The number of fused-ring (bicyclic) bond motifs is 1. The third kappa shape index (κ3) is 3.79. The molecule has 2 fully saturated rings. The minimum Gasteiger partial charge on any atom is -0.350 e. The average Bonchev–Trinajstić information content (AvgIpc) is 3.51. The molecule has 2 aromatic rings. The van der Waals surface area contributed by atoms with Crippen LogP contribution in [0.25, 0.3) is 10.9 Å². The summed E-state index contributed by atoms with van der Waals surface area (Å²) in [5.41, 5.74) is 3.61. The van der Waals surface area contributed by atoms with E-state index in [2.05, 4.69) is 21.2 Å². The fourth-order valence-electron chi connectivity index (χ4n) is 4.13. The van der Waals surface area contributed by atoms with Gasteiger partial charge in [0.15, 0.2) is 0 Å². The number of rotatable bonds is 5. The lowest BCUT2D eigenvalue weighted by molar-refractivity contribution is -0.135. The van der Waals surface area contributed by atoms with Gasteiger partial charge in [-0.15, -0.1) is 0 Å². The topological polar surface area (TPSA) is 62.3 Å². The lowest BCUT2D eigenvalue weighted by atomic mass is 9.98. The first kappa shape index (κ1) is 19.4. The quantitative estimate of drug-likeness (QED) is 0.748. The van der Waals surface area contributed by atoms with Crippen LogP contribution in [0.4, 0.5) is 0 Å². The molecule has 1 aromatic heterocycles. The molecule has 1 unspecified atom stereocenters. The molecule has 2 aliphatic rings. The largest absolute Gasteiger partial charge is 0.350 e. The monoisotopic (exact) mass is 443 g/mol. The second-order valence-corrected chi connectivity index (χ2v) is 8.95. The lowest BCUT2D eigenvalue weighted by Gasteiger charge is -2.32. The summed E-state index contributed by atoms with van der Waals surface area (Å²) in [6, 6.07) is 5.90. The molecule has 6 heteroatoms. The number of benzene rings is 1. The van der Waals surface area contributed by atoms with E-state index in [-0.39, 0.29) is 17.9 Å². The molecule has 1 atom stereocenters. The molecular weight excluding hydrogens is 418 g/mol. The molecular formula is C22H26BrN3O2. The maximum absolute atomic E-state index is 13.2. The maximum atomic E-state index is 13.2. The Morgan fingerprint density at radius 2 is 2.14 bits per heavy atom. The van der Waals surface area contributed by atoms with E-state index >= 15 is 0 Å². The molecule has 5 nitrogen and oxygen atoms in total. The highest BCUT2D eigenvalue weighted by Crippen LogP contribution is 2.42. The fraction of sp³-hybridized carbons (Fsp3) is 0.500. The standard InChI is InChI=1S/C22H26BrN3O2/c1-13(26-10-4-3-5-19(26)27)12-24-22(28)20-14(2)21(15-6-7-15)25-18-9-8-16(23)11-17(18)20/h8-9,11,13,15H,3-7,10,12H2,1-2H3,(H,24,28). The van der Waals surface area contributed by atoms with Crippen molar-refractivity contribution in [2.24, 2.45) is 0 Å². The van der Waals surface area contributed by atoms with Crippen molar-refractivity contribution in [1.82, 2.24) is 15.2 Å². The van der Waals surface area contributed by atoms with Crippen LogP contribution in [0.15, 0.2) is 22.7 Å². The molecule has 2 heterocycles. The van der Waals surface area contributed by atoms with Gasteiger partial charge < -0.3 is 10.2 Å². The summed E-state index contributed by atoms with van der Waals surface area (Å²) >= 11 is 3.52. The van der Waals surface area contributed by atoms with Crippen molar-refractivity contribution in [3.63, 3.8) is 0 Å². The fourth-order valence-corrected chi connectivity index (χ4v) is 4.49. The van der Waals surface area contributed by atoms with Crippen LogP contribution in [-0.4, -0.2) is 40.8 Å². The van der Waals surface area contributed by atoms with E-state index < -0.39 is 0 Å². The van der Waals surface area contributed by atoms with Crippen LogP contribution in [0.2, 0.25) is 0 Å². The summed E-state index contributed by atoms with van der Waals surface area (Å²) in [7, 11) is 0. The highest BCUT2D eigenvalue weighted by atomic mass is 79.9. The van der Waals surface area contributed by atoms with E-state index in [1.807, 2.05) is 36.9 Å². The highest BCUT2D eigenvalue weighted by Gasteiger charge is 2.30. The van der Waals surface area contributed by atoms with Crippen molar-refractivity contribution < 1.29 is 9.59 Å². The van der Waals surface area contributed by atoms with Gasteiger partial charge in [-0.05, 0) is 63.3 Å². The molecule has 0 bridgehead atoms. The van der Waals surface area contributed by atoms with E-state index in [9.17, 15) is 9.59 Å². The average molecular weight is 444 g/mol. The predicted octanol–water partition coefficient (Wildman–Crippen LogP) is 4.31. The Balaban J connectivity index is 1.60. The van der Waals surface area contributed by atoms with Gasteiger partial charge in [-0.25, -0.2) is 0 Å². The third-order valence-electron chi connectivity index (χ3n) is 5.87. The van der Waals surface area contributed by atoms with Crippen molar-refractivity contribution in [1.29, 1.82) is 0 Å². The van der Waals surface area contributed by atoms with Crippen LogP contribution < -0.4 is 5.32 Å². The van der Waals surface area contributed by atoms with E-state index in [1.165, 1.54) is 0 Å². The number of carbonyl (C=O) groups excluding carboxylic acids is 2. The van der Waals surface area contributed by atoms with Gasteiger partial charge in [-0.3, -0.25) is 14.6 Å². The van der Waals surface area contributed by atoms with Crippen LogP contribution in [0.3, 0.4) is 0 Å². The molecule has 1 aliphatic carbocycles. The van der Waals surface area contributed by atoms with Crippen molar-refractivity contribution >= 4 is 38.6 Å². The van der Waals surface area contributed by atoms with Crippen LogP contribution in [-0.2, 0) is 4.79 Å². The van der Waals surface area contributed by atoms with Crippen molar-refractivity contribution in [3.05, 3.63) is 39.5 Å². The summed E-state index contributed by atoms with van der Waals surface area (Å²) < 4.78 is 0.932. The first-order valence-electron chi connectivity index (χ1n) is 10.1. The molecule has 1 aliphatic heterocycles. The van der Waals surface area contributed by atoms with E-state index in [0.29, 0.717) is 24.4 Å². The number of halogens is 1. The number of hydrogen-bond donors (Lipinski definition) is 1. The molecule has 28 heavy (non-hydrogen) atoms. The third-order valence-corrected chi connectivity index (χ3v) is 6.36. The van der Waals surface area contributed by atoms with Crippen LogP contribution in [0, 0.1) is 6.92 Å². The zero-order valence-electron chi connectivity index (χ0n) is 16.4. The predicted molar refractivity (Wildman–Crippen MR) is 114 cm³/mol. The molecule has 1 N–H and O–H groups in total. The number of amides is 2. The van der Waals surface area contributed by atoms with E-state index in [1.54, 1.807) is 0 Å². The summed E-state index contributed by atoms with van der Waals surface area (Å²) in [5.74, 6) is 0.587. The number of piperidine rings is 1. The highest BCUT2D eigenvalue weighted by molar-refractivity contribution is 9.10. The SMILES string of the molecule is Cc1c(C2CC2)nc2ccc(Br)cc2c1C(=O)NCC(C)N1CCCCC1=O. The smallest absolute Gasteiger partial charge is 0.252 e. The number of carbonyl (C=O) groups is 2. The maximum Gasteiger partial charge on any atom is 0.252 e. The number of nitrogens with zero attached hydrogens (tertiary/aromatic N) is 2. The van der Waals surface area contributed by atoms with Gasteiger partial charge in [-0.1, -0.05) is 15.9 Å². The zero-order chi connectivity index (χ0) is 19.8. The Morgan fingerprint density at radius 1 is 1.36 bits per heavy atom. The normalized spacial score (nSPS) is 18.4. The molecule has 1 aromatic carbocycles. The number of likely N-dealkylation sites (tertiary alicyclic amines) is 1. The van der Waals surface area contributed by atoms with Crippen molar-refractivity contribution in [3.8, 4) is 0 Å². The van der Waals surface area contributed by atoms with Crippen molar-refractivity contribution in [2.45, 2.75) is 57.9 Å². The van der Waals surface area contributed by atoms with Gasteiger partial charge in [0.2, 0.25) is 5.91 Å². The molecule has 148 valence electrons. The molecule has 2 amide bonds. The Hall–Kier alpha value is -1.95. The van der Waals surface area contributed by atoms with Gasteiger partial charge in [0, 0.05) is 47.0 Å².